The van der Waals surface area contributed by atoms with Crippen LogP contribution in [0.15, 0.2) is 12.1 Å². The van der Waals surface area contributed by atoms with E-state index in [0.717, 1.165) is 25.2 Å². The number of fused-ring (bicyclic) bond motifs is 1. The third-order valence-corrected chi connectivity index (χ3v) is 2.99. The van der Waals surface area contributed by atoms with Crippen molar-refractivity contribution in [2.75, 3.05) is 11.9 Å². The van der Waals surface area contributed by atoms with Gasteiger partial charge in [0.15, 0.2) is 0 Å². The molecule has 0 aromatic carbocycles. The van der Waals surface area contributed by atoms with Crippen LogP contribution in [-0.4, -0.2) is 16.9 Å². The molecule has 0 radical (unpaired) electrons. The highest BCUT2D eigenvalue weighted by Crippen LogP contribution is 2.21. The molecule has 3 heteroatoms. The molecule has 1 aromatic heterocycles. The second kappa shape index (κ2) is 4.84. The molecule has 0 fully saturated rings. The molecule has 1 N–H and O–H groups in total. The molecule has 1 atom stereocenters. The van der Waals surface area contributed by atoms with Crippen molar-refractivity contribution in [2.45, 2.75) is 38.0 Å². The zero-order valence-corrected chi connectivity index (χ0v) is 9.85. The maximum atomic E-state index is 5.88. The molecule has 1 aromatic rings. The number of alkyl halides is 1. The molecule has 1 aliphatic rings. The Morgan fingerprint density at radius 1 is 1.47 bits per heavy atom. The highest BCUT2D eigenvalue weighted by Gasteiger charge is 2.11. The lowest BCUT2D eigenvalue weighted by Gasteiger charge is -2.08. The number of rotatable bonds is 4. The van der Waals surface area contributed by atoms with Gasteiger partial charge in [-0.3, -0.25) is 0 Å². The zero-order valence-electron chi connectivity index (χ0n) is 9.09. The fraction of sp³-hybridized carbons (Fsp3) is 0.583. The van der Waals surface area contributed by atoms with Crippen LogP contribution in [0.1, 0.15) is 31.0 Å². The van der Waals surface area contributed by atoms with Gasteiger partial charge in [0.2, 0.25) is 0 Å². The van der Waals surface area contributed by atoms with Crippen LogP contribution in [0, 0.1) is 0 Å². The minimum absolute atomic E-state index is 0.229. The third kappa shape index (κ3) is 2.85. The number of pyridine rings is 1. The Balaban J connectivity index is 1.92. The number of halogens is 1. The van der Waals surface area contributed by atoms with Crippen LogP contribution in [0.4, 0.5) is 5.82 Å². The van der Waals surface area contributed by atoms with Crippen molar-refractivity contribution in [2.24, 2.45) is 0 Å². The van der Waals surface area contributed by atoms with Crippen LogP contribution >= 0.6 is 11.6 Å². The van der Waals surface area contributed by atoms with E-state index >= 15 is 0 Å². The van der Waals surface area contributed by atoms with E-state index in [0.29, 0.717) is 0 Å². The smallest absolute Gasteiger partial charge is 0.126 e. The van der Waals surface area contributed by atoms with Crippen LogP contribution in [0.25, 0.3) is 0 Å². The summed E-state index contributed by atoms with van der Waals surface area (Å²) in [4.78, 5) is 4.60. The lowest BCUT2D eigenvalue weighted by atomic mass is 10.2. The number of aryl methyl sites for hydroxylation is 2. The molecule has 15 heavy (non-hydrogen) atoms. The maximum Gasteiger partial charge on any atom is 0.126 e. The van der Waals surface area contributed by atoms with Crippen molar-refractivity contribution in [3.63, 3.8) is 0 Å². The Labute approximate surface area is 96.1 Å². The lowest BCUT2D eigenvalue weighted by Crippen LogP contribution is -2.08. The summed E-state index contributed by atoms with van der Waals surface area (Å²) in [5.74, 6) is 0.993. The van der Waals surface area contributed by atoms with E-state index in [1.54, 1.807) is 0 Å². The molecule has 0 amide bonds. The number of nitrogens with one attached hydrogen (secondary N) is 1. The Kier molecular flexibility index (Phi) is 3.47. The minimum atomic E-state index is 0.229. The molecule has 0 spiro atoms. The average molecular weight is 225 g/mol. The first-order valence-electron chi connectivity index (χ1n) is 5.62. The van der Waals surface area contributed by atoms with Crippen molar-refractivity contribution in [1.29, 1.82) is 0 Å². The Morgan fingerprint density at radius 2 is 2.33 bits per heavy atom. The van der Waals surface area contributed by atoms with Crippen molar-refractivity contribution in [1.82, 2.24) is 4.98 Å². The number of hydrogen-bond acceptors (Lipinski definition) is 2. The fourth-order valence-corrected chi connectivity index (χ4v) is 2.03. The Bertz CT molecular complexity index is 336. The van der Waals surface area contributed by atoms with Crippen LogP contribution in [0.3, 0.4) is 0 Å². The summed E-state index contributed by atoms with van der Waals surface area (Å²) >= 11 is 5.88. The topological polar surface area (TPSA) is 24.9 Å². The van der Waals surface area contributed by atoms with Gasteiger partial charge < -0.3 is 5.32 Å². The van der Waals surface area contributed by atoms with Gasteiger partial charge in [-0.2, -0.15) is 0 Å². The van der Waals surface area contributed by atoms with Crippen LogP contribution in [0.5, 0.6) is 0 Å². The van der Waals surface area contributed by atoms with Crippen molar-refractivity contribution in [3.8, 4) is 0 Å². The van der Waals surface area contributed by atoms with Gasteiger partial charge in [0.25, 0.3) is 0 Å². The normalized spacial score (nSPS) is 16.1. The molecule has 0 bridgehead atoms. The monoisotopic (exact) mass is 224 g/mol. The molecule has 2 nitrogen and oxygen atoms in total. The third-order valence-electron chi connectivity index (χ3n) is 2.78. The van der Waals surface area contributed by atoms with E-state index in [4.69, 9.17) is 11.6 Å². The highest BCUT2D eigenvalue weighted by molar-refractivity contribution is 6.20. The maximum absolute atomic E-state index is 5.88. The van der Waals surface area contributed by atoms with Crippen molar-refractivity contribution >= 4 is 17.4 Å². The molecule has 0 saturated carbocycles. The van der Waals surface area contributed by atoms with Gasteiger partial charge in [-0.05, 0) is 44.2 Å². The summed E-state index contributed by atoms with van der Waals surface area (Å²) < 4.78 is 0. The minimum Gasteiger partial charge on any atom is -0.370 e. The highest BCUT2D eigenvalue weighted by atomic mass is 35.5. The Morgan fingerprint density at radius 3 is 3.13 bits per heavy atom. The summed E-state index contributed by atoms with van der Waals surface area (Å²) in [6, 6.07) is 4.27. The van der Waals surface area contributed by atoms with E-state index < -0.39 is 0 Å². The molecular formula is C12H17ClN2. The van der Waals surface area contributed by atoms with E-state index in [9.17, 15) is 0 Å². The summed E-state index contributed by atoms with van der Waals surface area (Å²) in [6.45, 7) is 2.91. The van der Waals surface area contributed by atoms with E-state index in [2.05, 4.69) is 22.4 Å². The fourth-order valence-electron chi connectivity index (χ4n) is 1.92. The second-order valence-corrected chi connectivity index (χ2v) is 4.90. The number of anilines is 1. The largest absolute Gasteiger partial charge is 0.370 e. The number of aromatic nitrogens is 1. The predicted molar refractivity (Wildman–Crippen MR) is 64.7 cm³/mol. The first-order chi connectivity index (χ1) is 7.25. The first kappa shape index (κ1) is 10.7. The summed E-state index contributed by atoms with van der Waals surface area (Å²) in [6.07, 6.45) is 4.56. The van der Waals surface area contributed by atoms with Crippen LogP contribution in [0.2, 0.25) is 0 Å². The van der Waals surface area contributed by atoms with Gasteiger partial charge in [-0.15, -0.1) is 11.6 Å². The molecule has 1 heterocycles. The SMILES string of the molecule is CC(Cl)CCNc1ccc2c(n1)CCC2. The molecule has 82 valence electrons. The molecule has 0 saturated heterocycles. The van der Waals surface area contributed by atoms with Crippen molar-refractivity contribution < 1.29 is 0 Å². The molecule has 2 rings (SSSR count). The van der Waals surface area contributed by atoms with Crippen molar-refractivity contribution in [3.05, 3.63) is 23.4 Å². The number of hydrogen-bond donors (Lipinski definition) is 1. The quantitative estimate of drug-likeness (QED) is 0.796. The lowest BCUT2D eigenvalue weighted by molar-refractivity contribution is 0.837. The second-order valence-electron chi connectivity index (χ2n) is 4.15. The average Bonchev–Trinajstić information content (AvgIpc) is 2.64. The van der Waals surface area contributed by atoms with Gasteiger partial charge in [-0.25, -0.2) is 4.98 Å². The molecule has 0 aliphatic heterocycles. The van der Waals surface area contributed by atoms with Gasteiger partial charge in [-0.1, -0.05) is 6.07 Å². The zero-order chi connectivity index (χ0) is 10.7. The molecule has 1 unspecified atom stereocenters. The van der Waals surface area contributed by atoms with E-state index in [-0.39, 0.29) is 5.38 Å². The predicted octanol–water partition coefficient (Wildman–Crippen LogP) is 3.00. The Hall–Kier alpha value is -0.760. The molecular weight excluding hydrogens is 208 g/mol. The van der Waals surface area contributed by atoms with Gasteiger partial charge in [0.05, 0.1) is 0 Å². The van der Waals surface area contributed by atoms with Crippen LogP contribution in [-0.2, 0) is 12.8 Å². The molecule has 1 aliphatic carbocycles. The van der Waals surface area contributed by atoms with Gasteiger partial charge >= 0.3 is 0 Å². The van der Waals surface area contributed by atoms with E-state index in [1.165, 1.54) is 24.1 Å². The first-order valence-corrected chi connectivity index (χ1v) is 6.06. The van der Waals surface area contributed by atoms with Crippen LogP contribution < -0.4 is 5.32 Å². The van der Waals surface area contributed by atoms with Gasteiger partial charge in [0, 0.05) is 17.6 Å². The summed E-state index contributed by atoms with van der Waals surface area (Å²) in [5.41, 5.74) is 2.70. The summed E-state index contributed by atoms with van der Waals surface area (Å²) in [7, 11) is 0. The van der Waals surface area contributed by atoms with E-state index in [1.807, 2.05) is 6.92 Å². The standard InChI is InChI=1S/C12H17ClN2/c1-9(13)7-8-14-12-6-5-10-3-2-4-11(10)15-12/h5-6,9H,2-4,7-8H2,1H3,(H,14,15). The summed E-state index contributed by atoms with van der Waals surface area (Å²) in [5, 5.41) is 3.54. The number of nitrogens with zero attached hydrogens (tertiary/aromatic N) is 1. The van der Waals surface area contributed by atoms with Gasteiger partial charge in [0.1, 0.15) is 5.82 Å².